The van der Waals surface area contributed by atoms with Crippen LogP contribution in [0.15, 0.2) is 36.5 Å². The lowest BCUT2D eigenvalue weighted by atomic mass is 10.2. The first-order valence-electron chi connectivity index (χ1n) is 7.23. The van der Waals surface area contributed by atoms with Gasteiger partial charge in [0.1, 0.15) is 5.69 Å². The lowest BCUT2D eigenvalue weighted by Gasteiger charge is -2.09. The van der Waals surface area contributed by atoms with Crippen LogP contribution < -0.4 is 10.6 Å². The van der Waals surface area contributed by atoms with Crippen LogP contribution in [0.25, 0.3) is 0 Å². The fourth-order valence-electron chi connectivity index (χ4n) is 1.83. The minimum absolute atomic E-state index is 0.154. The molecule has 22 heavy (non-hydrogen) atoms. The quantitative estimate of drug-likeness (QED) is 0.870. The topological polar surface area (TPSA) is 54.0 Å². The highest BCUT2D eigenvalue weighted by atomic mass is 35.5. The molecule has 0 spiro atoms. The zero-order valence-electron chi connectivity index (χ0n) is 13.0. The van der Waals surface area contributed by atoms with E-state index >= 15 is 0 Å². The minimum Gasteiger partial charge on any atom is -0.354 e. The second-order valence-electron chi connectivity index (χ2n) is 5.62. The van der Waals surface area contributed by atoms with Crippen molar-refractivity contribution in [1.29, 1.82) is 0 Å². The van der Waals surface area contributed by atoms with E-state index in [4.69, 9.17) is 11.6 Å². The van der Waals surface area contributed by atoms with Crippen LogP contribution in [0.2, 0.25) is 5.02 Å². The smallest absolute Gasteiger partial charge is 0.269 e. The van der Waals surface area contributed by atoms with E-state index in [9.17, 15) is 4.79 Å². The van der Waals surface area contributed by atoms with Crippen molar-refractivity contribution in [2.45, 2.75) is 20.8 Å². The second-order valence-corrected chi connectivity index (χ2v) is 6.03. The van der Waals surface area contributed by atoms with Crippen LogP contribution in [0.5, 0.6) is 0 Å². The predicted octanol–water partition coefficient (Wildman–Crippen LogP) is 4.17. The number of carbonyl (C=O) groups excluding carboxylic acids is 1. The number of nitrogens with zero attached hydrogens (tertiary/aromatic N) is 1. The number of rotatable bonds is 5. The average Bonchev–Trinajstić information content (AvgIpc) is 2.49. The molecular formula is C17H20ClN3O. The first-order valence-corrected chi connectivity index (χ1v) is 7.61. The molecule has 0 saturated heterocycles. The van der Waals surface area contributed by atoms with E-state index in [2.05, 4.69) is 15.6 Å². The third kappa shape index (κ3) is 4.46. The van der Waals surface area contributed by atoms with Crippen molar-refractivity contribution in [1.82, 2.24) is 10.3 Å². The lowest BCUT2D eigenvalue weighted by molar-refractivity contribution is 0.0944. The first-order chi connectivity index (χ1) is 10.5. The number of benzene rings is 1. The van der Waals surface area contributed by atoms with Crippen LogP contribution in [0.3, 0.4) is 0 Å². The summed E-state index contributed by atoms with van der Waals surface area (Å²) >= 11 is 6.10. The Bertz CT molecular complexity index is 653. The van der Waals surface area contributed by atoms with Crippen molar-refractivity contribution in [2.24, 2.45) is 5.92 Å². The van der Waals surface area contributed by atoms with Gasteiger partial charge in [-0.15, -0.1) is 0 Å². The van der Waals surface area contributed by atoms with Gasteiger partial charge in [-0.1, -0.05) is 31.5 Å². The maximum atomic E-state index is 11.9. The molecule has 0 unspecified atom stereocenters. The van der Waals surface area contributed by atoms with E-state index in [1.165, 1.54) is 0 Å². The highest BCUT2D eigenvalue weighted by Crippen LogP contribution is 2.22. The molecule has 5 heteroatoms. The standard InChI is InChI=1S/C17H20ClN3O/c1-11(2)9-20-17(22)16-7-6-14(10-19-16)21-13-5-4-12(3)15(18)8-13/h4-8,10-11,21H,9H2,1-3H3,(H,20,22). The summed E-state index contributed by atoms with van der Waals surface area (Å²) in [5, 5.41) is 6.76. The Kier molecular flexibility index (Phi) is 5.39. The Morgan fingerprint density at radius 2 is 1.95 bits per heavy atom. The van der Waals surface area contributed by atoms with Gasteiger partial charge in [0.05, 0.1) is 11.9 Å². The number of aryl methyl sites for hydroxylation is 1. The monoisotopic (exact) mass is 317 g/mol. The lowest BCUT2D eigenvalue weighted by Crippen LogP contribution is -2.27. The van der Waals surface area contributed by atoms with E-state index < -0.39 is 0 Å². The number of hydrogen-bond acceptors (Lipinski definition) is 3. The van der Waals surface area contributed by atoms with Crippen molar-refractivity contribution in [3.05, 3.63) is 52.8 Å². The van der Waals surface area contributed by atoms with Gasteiger partial charge in [0.25, 0.3) is 5.91 Å². The summed E-state index contributed by atoms with van der Waals surface area (Å²) in [6.45, 7) is 6.70. The number of carbonyl (C=O) groups is 1. The molecule has 0 radical (unpaired) electrons. The van der Waals surface area contributed by atoms with Crippen molar-refractivity contribution in [2.75, 3.05) is 11.9 Å². The van der Waals surface area contributed by atoms with E-state index in [0.717, 1.165) is 16.9 Å². The molecule has 1 aromatic carbocycles. The number of nitrogens with one attached hydrogen (secondary N) is 2. The Balaban J connectivity index is 2.02. The van der Waals surface area contributed by atoms with Crippen LogP contribution in [0.1, 0.15) is 29.9 Å². The number of pyridine rings is 1. The summed E-state index contributed by atoms with van der Waals surface area (Å²) in [6, 6.07) is 9.29. The molecule has 1 heterocycles. The highest BCUT2D eigenvalue weighted by Gasteiger charge is 2.07. The van der Waals surface area contributed by atoms with Gasteiger partial charge in [0, 0.05) is 17.3 Å². The Labute approximate surface area is 135 Å². The maximum Gasteiger partial charge on any atom is 0.269 e. The van der Waals surface area contributed by atoms with Gasteiger partial charge in [-0.25, -0.2) is 4.98 Å². The van der Waals surface area contributed by atoms with Gasteiger partial charge < -0.3 is 10.6 Å². The molecule has 2 rings (SSSR count). The van der Waals surface area contributed by atoms with Crippen molar-refractivity contribution in [3.8, 4) is 0 Å². The van der Waals surface area contributed by atoms with Gasteiger partial charge in [0.2, 0.25) is 0 Å². The fourth-order valence-corrected chi connectivity index (χ4v) is 2.01. The van der Waals surface area contributed by atoms with Gasteiger partial charge in [0.15, 0.2) is 0 Å². The molecule has 116 valence electrons. The molecule has 1 aromatic heterocycles. The molecule has 0 aliphatic rings. The molecule has 2 N–H and O–H groups in total. The van der Waals surface area contributed by atoms with Crippen LogP contribution >= 0.6 is 11.6 Å². The fraction of sp³-hybridized carbons (Fsp3) is 0.294. The van der Waals surface area contributed by atoms with E-state index in [1.807, 2.05) is 45.0 Å². The summed E-state index contributed by atoms with van der Waals surface area (Å²) < 4.78 is 0. The molecule has 0 aliphatic carbocycles. The minimum atomic E-state index is -0.154. The SMILES string of the molecule is Cc1ccc(Nc2ccc(C(=O)NCC(C)C)nc2)cc1Cl. The normalized spacial score (nSPS) is 10.6. The number of amides is 1. The molecule has 4 nitrogen and oxygen atoms in total. The molecule has 2 aromatic rings. The third-order valence-electron chi connectivity index (χ3n) is 3.13. The zero-order chi connectivity index (χ0) is 16.1. The van der Waals surface area contributed by atoms with Crippen LogP contribution in [0, 0.1) is 12.8 Å². The van der Waals surface area contributed by atoms with E-state index in [-0.39, 0.29) is 5.91 Å². The first kappa shape index (κ1) is 16.3. The summed E-state index contributed by atoms with van der Waals surface area (Å²) in [4.78, 5) is 16.1. The zero-order valence-corrected chi connectivity index (χ0v) is 13.7. The Morgan fingerprint density at radius 1 is 1.23 bits per heavy atom. The van der Waals surface area contributed by atoms with Crippen LogP contribution in [-0.4, -0.2) is 17.4 Å². The van der Waals surface area contributed by atoms with Crippen molar-refractivity contribution < 1.29 is 4.79 Å². The van der Waals surface area contributed by atoms with Crippen molar-refractivity contribution in [3.63, 3.8) is 0 Å². The van der Waals surface area contributed by atoms with Gasteiger partial charge >= 0.3 is 0 Å². The number of halogens is 1. The summed E-state index contributed by atoms with van der Waals surface area (Å²) in [7, 11) is 0. The molecular weight excluding hydrogens is 298 g/mol. The summed E-state index contributed by atoms with van der Waals surface area (Å²) in [5.41, 5.74) is 3.13. The molecule has 0 aliphatic heterocycles. The largest absolute Gasteiger partial charge is 0.354 e. The number of anilines is 2. The third-order valence-corrected chi connectivity index (χ3v) is 3.53. The van der Waals surface area contributed by atoms with Crippen molar-refractivity contribution >= 4 is 28.9 Å². The molecule has 0 saturated carbocycles. The molecule has 1 amide bonds. The van der Waals surface area contributed by atoms with Crippen LogP contribution in [-0.2, 0) is 0 Å². The van der Waals surface area contributed by atoms with Gasteiger partial charge in [-0.2, -0.15) is 0 Å². The number of hydrogen-bond donors (Lipinski definition) is 2. The summed E-state index contributed by atoms with van der Waals surface area (Å²) in [5.74, 6) is 0.259. The predicted molar refractivity (Wildman–Crippen MR) is 90.9 cm³/mol. The van der Waals surface area contributed by atoms with Crippen LogP contribution in [0.4, 0.5) is 11.4 Å². The molecule has 0 atom stereocenters. The molecule has 0 bridgehead atoms. The Morgan fingerprint density at radius 3 is 2.55 bits per heavy atom. The number of aromatic nitrogens is 1. The molecule has 0 fully saturated rings. The van der Waals surface area contributed by atoms with Gasteiger partial charge in [-0.3, -0.25) is 4.79 Å². The summed E-state index contributed by atoms with van der Waals surface area (Å²) in [6.07, 6.45) is 1.64. The highest BCUT2D eigenvalue weighted by molar-refractivity contribution is 6.31. The Hall–Kier alpha value is -2.07. The van der Waals surface area contributed by atoms with E-state index in [1.54, 1.807) is 12.3 Å². The maximum absolute atomic E-state index is 11.9. The average molecular weight is 318 g/mol. The van der Waals surface area contributed by atoms with E-state index in [0.29, 0.717) is 23.2 Å². The van der Waals surface area contributed by atoms with Gasteiger partial charge in [-0.05, 0) is 42.7 Å². The second kappa shape index (κ2) is 7.27.